The second-order valence-corrected chi connectivity index (χ2v) is 7.98. The minimum Gasteiger partial charge on any atom is -0.351 e. The molecule has 1 aromatic heterocycles. The Balaban J connectivity index is 1.48. The van der Waals surface area contributed by atoms with Crippen LogP contribution in [-0.2, 0) is 0 Å². The zero-order chi connectivity index (χ0) is 22.7. The van der Waals surface area contributed by atoms with Crippen molar-refractivity contribution in [3.05, 3.63) is 93.3 Å². The van der Waals surface area contributed by atoms with Crippen molar-refractivity contribution in [3.8, 4) is 0 Å². The average molecular weight is 453 g/mol. The lowest BCUT2D eigenvalue weighted by atomic mass is 10.0. The predicted molar refractivity (Wildman–Crippen MR) is 121 cm³/mol. The van der Waals surface area contributed by atoms with Crippen LogP contribution in [0, 0.1) is 10.1 Å². The number of hydrogen-bond donors (Lipinski definition) is 1. The fraction of sp³-hybridized carbons (Fsp3) is 0.217. The van der Waals surface area contributed by atoms with Gasteiger partial charge in [-0.05, 0) is 43.2 Å². The molecule has 2 aromatic carbocycles. The lowest BCUT2D eigenvalue weighted by Crippen LogP contribution is -2.39. The molecule has 3 aromatic rings. The third-order valence-electron chi connectivity index (χ3n) is 5.61. The number of anilines is 1. The summed E-state index contributed by atoms with van der Waals surface area (Å²) in [7, 11) is 0. The maximum Gasteiger partial charge on any atom is 0.270 e. The Hall–Kier alpha value is -3.65. The molecule has 164 valence electrons. The molecular formula is C23H21ClN4O4. The third-order valence-corrected chi connectivity index (χ3v) is 5.93. The maximum atomic E-state index is 13.2. The van der Waals surface area contributed by atoms with Gasteiger partial charge in [-0.2, -0.15) is 0 Å². The minimum absolute atomic E-state index is 0.0346. The molecule has 1 aliphatic rings. The van der Waals surface area contributed by atoms with E-state index in [-0.39, 0.29) is 22.2 Å². The van der Waals surface area contributed by atoms with Gasteiger partial charge in [-0.25, -0.2) is 0 Å². The summed E-state index contributed by atoms with van der Waals surface area (Å²) in [6.45, 7) is 1.25. The van der Waals surface area contributed by atoms with E-state index in [1.54, 1.807) is 29.2 Å². The SMILES string of the molecule is O=C(Nc1ccccc1C(=O)N1CCC(n2cccc2)CC1)c1ccc([N+](=O)[O-])cc1Cl. The van der Waals surface area contributed by atoms with Gasteiger partial charge >= 0.3 is 0 Å². The third kappa shape index (κ3) is 4.50. The monoisotopic (exact) mass is 452 g/mol. The molecule has 0 saturated carbocycles. The second kappa shape index (κ2) is 9.23. The number of amides is 2. The van der Waals surface area contributed by atoms with Crippen molar-refractivity contribution in [1.82, 2.24) is 9.47 Å². The molecule has 2 amide bonds. The van der Waals surface area contributed by atoms with E-state index >= 15 is 0 Å². The molecule has 0 radical (unpaired) electrons. The van der Waals surface area contributed by atoms with E-state index in [1.807, 2.05) is 24.5 Å². The fourth-order valence-corrected chi connectivity index (χ4v) is 4.16. The Labute approximate surface area is 189 Å². The number of halogens is 1. The quantitative estimate of drug-likeness (QED) is 0.445. The normalized spacial score (nSPS) is 14.2. The van der Waals surface area contributed by atoms with Gasteiger partial charge in [0, 0.05) is 43.7 Å². The second-order valence-electron chi connectivity index (χ2n) is 7.57. The molecule has 0 bridgehead atoms. The molecule has 0 atom stereocenters. The largest absolute Gasteiger partial charge is 0.351 e. The van der Waals surface area contributed by atoms with Crippen LogP contribution in [0.25, 0.3) is 0 Å². The summed E-state index contributed by atoms with van der Waals surface area (Å²) in [5.74, 6) is -0.696. The van der Waals surface area contributed by atoms with Gasteiger partial charge in [0.25, 0.3) is 17.5 Å². The Kier molecular flexibility index (Phi) is 6.23. The molecule has 1 fully saturated rings. The van der Waals surface area contributed by atoms with E-state index in [2.05, 4.69) is 9.88 Å². The molecule has 1 saturated heterocycles. The number of hydrogen-bond acceptors (Lipinski definition) is 4. The number of non-ortho nitro benzene ring substituents is 1. The molecule has 2 heterocycles. The van der Waals surface area contributed by atoms with Crippen LogP contribution >= 0.6 is 11.6 Å². The van der Waals surface area contributed by atoms with Crippen LogP contribution < -0.4 is 5.32 Å². The van der Waals surface area contributed by atoms with Gasteiger partial charge in [-0.1, -0.05) is 23.7 Å². The summed E-state index contributed by atoms with van der Waals surface area (Å²) in [5.41, 5.74) is 0.639. The predicted octanol–water partition coefficient (Wildman–Crippen LogP) is 4.78. The van der Waals surface area contributed by atoms with Crippen LogP contribution in [0.5, 0.6) is 0 Å². The summed E-state index contributed by atoms with van der Waals surface area (Å²) in [5, 5.41) is 13.6. The number of likely N-dealkylation sites (tertiary alicyclic amines) is 1. The van der Waals surface area contributed by atoms with Crippen LogP contribution in [0.4, 0.5) is 11.4 Å². The molecule has 0 unspecified atom stereocenters. The smallest absolute Gasteiger partial charge is 0.270 e. The van der Waals surface area contributed by atoms with Gasteiger partial charge in [-0.15, -0.1) is 0 Å². The van der Waals surface area contributed by atoms with Gasteiger partial charge in [-0.3, -0.25) is 19.7 Å². The molecule has 0 spiro atoms. The van der Waals surface area contributed by atoms with E-state index in [0.717, 1.165) is 18.9 Å². The first-order valence-electron chi connectivity index (χ1n) is 10.2. The number of para-hydroxylation sites is 1. The number of nitrogens with one attached hydrogen (secondary N) is 1. The summed E-state index contributed by atoms with van der Waals surface area (Å²) < 4.78 is 2.17. The topological polar surface area (TPSA) is 97.5 Å². The van der Waals surface area contributed by atoms with Crippen LogP contribution in [0.1, 0.15) is 39.6 Å². The first-order valence-corrected chi connectivity index (χ1v) is 10.6. The van der Waals surface area contributed by atoms with E-state index in [4.69, 9.17) is 11.6 Å². The molecule has 1 N–H and O–H groups in total. The first kappa shape index (κ1) is 21.6. The highest BCUT2D eigenvalue weighted by atomic mass is 35.5. The van der Waals surface area contributed by atoms with E-state index in [1.165, 1.54) is 12.1 Å². The van der Waals surface area contributed by atoms with Crippen molar-refractivity contribution in [2.75, 3.05) is 18.4 Å². The minimum atomic E-state index is -0.582. The molecule has 32 heavy (non-hydrogen) atoms. The van der Waals surface area contributed by atoms with Gasteiger partial charge in [0.15, 0.2) is 0 Å². The van der Waals surface area contributed by atoms with Gasteiger partial charge in [0.1, 0.15) is 0 Å². The summed E-state index contributed by atoms with van der Waals surface area (Å²) in [6, 6.07) is 14.8. The lowest BCUT2D eigenvalue weighted by Gasteiger charge is -2.33. The number of aromatic nitrogens is 1. The van der Waals surface area contributed by atoms with E-state index in [9.17, 15) is 19.7 Å². The Morgan fingerprint density at radius 1 is 1.00 bits per heavy atom. The highest BCUT2D eigenvalue weighted by molar-refractivity contribution is 6.34. The Bertz CT molecular complexity index is 1150. The van der Waals surface area contributed by atoms with Crippen molar-refractivity contribution in [2.24, 2.45) is 0 Å². The summed E-state index contributed by atoms with van der Waals surface area (Å²) >= 11 is 6.07. The van der Waals surface area contributed by atoms with E-state index < -0.39 is 10.8 Å². The van der Waals surface area contributed by atoms with Crippen LogP contribution in [0.2, 0.25) is 5.02 Å². The number of nitro groups is 1. The molecule has 9 heteroatoms. The number of nitrogens with zero attached hydrogens (tertiary/aromatic N) is 3. The Morgan fingerprint density at radius 3 is 2.34 bits per heavy atom. The first-order chi connectivity index (χ1) is 15.4. The number of piperidine rings is 1. The standard InChI is InChI=1S/C23H21ClN4O4/c24-20-15-17(28(31)32)7-8-18(20)22(29)25-21-6-2-1-5-19(21)23(30)27-13-9-16(10-14-27)26-11-3-4-12-26/h1-8,11-12,15-16H,9-10,13-14H2,(H,25,29). The zero-order valence-corrected chi connectivity index (χ0v) is 17.9. The molecule has 4 rings (SSSR count). The summed E-state index contributed by atoms with van der Waals surface area (Å²) in [4.78, 5) is 38.0. The Morgan fingerprint density at radius 2 is 1.69 bits per heavy atom. The van der Waals surface area contributed by atoms with Gasteiger partial charge < -0.3 is 14.8 Å². The van der Waals surface area contributed by atoms with Crippen LogP contribution in [0.3, 0.4) is 0 Å². The number of benzene rings is 2. The van der Waals surface area contributed by atoms with Gasteiger partial charge in [0.2, 0.25) is 0 Å². The molecular weight excluding hydrogens is 432 g/mol. The number of rotatable bonds is 5. The molecule has 1 aliphatic heterocycles. The number of carbonyl (C=O) groups excluding carboxylic acids is 2. The molecule has 0 aliphatic carbocycles. The molecule has 8 nitrogen and oxygen atoms in total. The van der Waals surface area contributed by atoms with Crippen molar-refractivity contribution >= 4 is 34.8 Å². The van der Waals surface area contributed by atoms with Crippen LogP contribution in [0.15, 0.2) is 67.0 Å². The maximum absolute atomic E-state index is 13.2. The highest BCUT2D eigenvalue weighted by Crippen LogP contribution is 2.27. The van der Waals surface area contributed by atoms with Crippen molar-refractivity contribution in [3.63, 3.8) is 0 Å². The van der Waals surface area contributed by atoms with Crippen LogP contribution in [-0.4, -0.2) is 39.3 Å². The fourth-order valence-electron chi connectivity index (χ4n) is 3.90. The number of carbonyl (C=O) groups is 2. The number of nitro benzene ring substituents is 1. The highest BCUT2D eigenvalue weighted by Gasteiger charge is 2.26. The van der Waals surface area contributed by atoms with Crippen molar-refractivity contribution in [1.29, 1.82) is 0 Å². The lowest BCUT2D eigenvalue weighted by molar-refractivity contribution is -0.384. The van der Waals surface area contributed by atoms with Crippen molar-refractivity contribution < 1.29 is 14.5 Å². The van der Waals surface area contributed by atoms with E-state index in [0.29, 0.717) is 30.4 Å². The van der Waals surface area contributed by atoms with Gasteiger partial charge in [0.05, 0.1) is 26.8 Å². The van der Waals surface area contributed by atoms with Crippen molar-refractivity contribution in [2.45, 2.75) is 18.9 Å². The average Bonchev–Trinajstić information content (AvgIpc) is 3.34. The zero-order valence-electron chi connectivity index (χ0n) is 17.1. The summed E-state index contributed by atoms with van der Waals surface area (Å²) in [6.07, 6.45) is 5.79.